The Kier molecular flexibility index (Phi) is 6.92. The van der Waals surface area contributed by atoms with E-state index >= 15 is 0 Å². The summed E-state index contributed by atoms with van der Waals surface area (Å²) in [5.41, 5.74) is 2.80. The van der Waals surface area contributed by atoms with Crippen molar-refractivity contribution in [2.45, 2.75) is 25.7 Å². The molecule has 2 rings (SSSR count). The lowest BCUT2D eigenvalue weighted by Crippen LogP contribution is -1.98. The van der Waals surface area contributed by atoms with Crippen LogP contribution in [0.3, 0.4) is 0 Å². The van der Waals surface area contributed by atoms with Crippen LogP contribution in [0.1, 0.15) is 24.0 Å². The summed E-state index contributed by atoms with van der Waals surface area (Å²) in [6.45, 7) is 0.804. The fraction of sp³-hybridized carbons (Fsp3) is 0.333. The molecule has 0 spiro atoms. The predicted octanol–water partition coefficient (Wildman–Crippen LogP) is 5.07. The lowest BCUT2D eigenvalue weighted by molar-refractivity contribution is 0.307. The zero-order valence-corrected chi connectivity index (χ0v) is 13.9. The molecule has 2 heteroatoms. The van der Waals surface area contributed by atoms with Crippen molar-refractivity contribution in [3.05, 3.63) is 65.7 Å². The first kappa shape index (κ1) is 15.4. The maximum Gasteiger partial charge on any atom is 0.119 e. The van der Waals surface area contributed by atoms with Crippen LogP contribution in [-0.4, -0.2) is 11.0 Å². The Morgan fingerprint density at radius 2 is 1.45 bits per heavy atom. The molecule has 0 aliphatic rings. The van der Waals surface area contributed by atoms with Crippen molar-refractivity contribution in [3.63, 3.8) is 0 Å². The Morgan fingerprint density at radius 1 is 0.750 bits per heavy atom. The smallest absolute Gasteiger partial charge is 0.119 e. The lowest BCUT2D eigenvalue weighted by Gasteiger charge is -2.07. The van der Waals surface area contributed by atoms with Gasteiger partial charge in [-0.25, -0.2) is 0 Å². The Hall–Kier alpha value is -1.03. The molecule has 0 saturated heterocycles. The molecule has 0 radical (unpaired) electrons. The molecule has 20 heavy (non-hydrogen) atoms. The zero-order chi connectivity index (χ0) is 14.0. The molecule has 0 aliphatic heterocycles. The van der Waals surface area contributed by atoms with Gasteiger partial charge in [0.2, 0.25) is 0 Å². The molecule has 2 aromatic carbocycles. The average molecular weight is 380 g/mol. The normalized spacial score (nSPS) is 10.4. The van der Waals surface area contributed by atoms with Gasteiger partial charge in [0.1, 0.15) is 5.75 Å². The Bertz CT molecular complexity index is 479. The van der Waals surface area contributed by atoms with Crippen LogP contribution in [0.5, 0.6) is 5.75 Å². The minimum Gasteiger partial charge on any atom is -0.494 e. The van der Waals surface area contributed by atoms with Gasteiger partial charge in [0.15, 0.2) is 0 Å². The maximum atomic E-state index is 5.78. The number of rotatable bonds is 8. The van der Waals surface area contributed by atoms with Gasteiger partial charge in [0.05, 0.1) is 6.61 Å². The van der Waals surface area contributed by atoms with Gasteiger partial charge in [-0.3, -0.25) is 0 Å². The molecule has 1 nitrogen and oxygen atoms in total. The summed E-state index contributed by atoms with van der Waals surface area (Å²) in [4.78, 5) is 0. The second kappa shape index (κ2) is 9.01. The standard InChI is InChI=1S/C18H21IO/c19-14-13-17-9-11-18(12-10-17)20-15-5-4-8-16-6-2-1-3-7-16/h1-3,6-7,9-12H,4-5,8,13-15H2. The van der Waals surface area contributed by atoms with E-state index < -0.39 is 0 Å². The SMILES string of the molecule is ICCc1ccc(OCCCCc2ccccc2)cc1. The highest BCUT2D eigenvalue weighted by Crippen LogP contribution is 2.14. The van der Waals surface area contributed by atoms with E-state index in [0.29, 0.717) is 0 Å². The Morgan fingerprint density at radius 3 is 2.15 bits per heavy atom. The zero-order valence-electron chi connectivity index (χ0n) is 11.7. The number of ether oxygens (including phenoxy) is 1. The molecule has 0 aliphatic carbocycles. The molecule has 0 heterocycles. The van der Waals surface area contributed by atoms with Crippen molar-refractivity contribution in [1.29, 1.82) is 0 Å². The van der Waals surface area contributed by atoms with Gasteiger partial charge in [0.25, 0.3) is 0 Å². The summed E-state index contributed by atoms with van der Waals surface area (Å²) in [6.07, 6.45) is 4.55. The van der Waals surface area contributed by atoms with Crippen LogP contribution in [0, 0.1) is 0 Å². The molecule has 0 atom stereocenters. The molecule has 2 aromatic rings. The minimum absolute atomic E-state index is 0.804. The van der Waals surface area contributed by atoms with Crippen LogP contribution in [0.25, 0.3) is 0 Å². The highest BCUT2D eigenvalue weighted by Gasteiger charge is 1.96. The van der Waals surface area contributed by atoms with E-state index in [1.54, 1.807) is 0 Å². The van der Waals surface area contributed by atoms with E-state index in [4.69, 9.17) is 4.74 Å². The maximum absolute atomic E-state index is 5.78. The summed E-state index contributed by atoms with van der Waals surface area (Å²) in [6, 6.07) is 19.1. The second-order valence-electron chi connectivity index (χ2n) is 4.87. The quantitative estimate of drug-likeness (QED) is 0.353. The fourth-order valence-corrected chi connectivity index (χ4v) is 2.75. The van der Waals surface area contributed by atoms with Crippen molar-refractivity contribution < 1.29 is 4.74 Å². The number of aryl methyl sites for hydroxylation is 2. The van der Waals surface area contributed by atoms with Gasteiger partial charge < -0.3 is 4.74 Å². The van der Waals surface area contributed by atoms with Gasteiger partial charge >= 0.3 is 0 Å². The summed E-state index contributed by atoms with van der Waals surface area (Å²) in [5, 5.41) is 0. The van der Waals surface area contributed by atoms with E-state index in [1.165, 1.54) is 17.5 Å². The van der Waals surface area contributed by atoms with Crippen molar-refractivity contribution in [1.82, 2.24) is 0 Å². The first-order valence-corrected chi connectivity index (χ1v) is 8.72. The van der Waals surface area contributed by atoms with Gasteiger partial charge in [-0.2, -0.15) is 0 Å². The van der Waals surface area contributed by atoms with Crippen LogP contribution in [0.15, 0.2) is 54.6 Å². The molecule has 0 bridgehead atoms. The van der Waals surface area contributed by atoms with Crippen molar-refractivity contribution in [2.75, 3.05) is 11.0 Å². The van der Waals surface area contributed by atoms with E-state index in [9.17, 15) is 0 Å². The van der Waals surface area contributed by atoms with Crippen LogP contribution < -0.4 is 4.74 Å². The summed E-state index contributed by atoms with van der Waals surface area (Å²) in [7, 11) is 0. The van der Waals surface area contributed by atoms with Crippen LogP contribution in [-0.2, 0) is 12.8 Å². The number of hydrogen-bond donors (Lipinski definition) is 0. The number of halogens is 1. The summed E-state index contributed by atoms with van der Waals surface area (Å²) >= 11 is 2.40. The van der Waals surface area contributed by atoms with Gasteiger partial charge in [0, 0.05) is 4.43 Å². The van der Waals surface area contributed by atoms with Gasteiger partial charge in [-0.05, 0) is 48.9 Å². The number of hydrogen-bond acceptors (Lipinski definition) is 1. The van der Waals surface area contributed by atoms with Crippen molar-refractivity contribution in [3.8, 4) is 5.75 Å². The lowest BCUT2D eigenvalue weighted by atomic mass is 10.1. The summed E-state index contributed by atoms with van der Waals surface area (Å²) < 4.78 is 6.94. The predicted molar refractivity (Wildman–Crippen MR) is 93.9 cm³/mol. The first-order valence-electron chi connectivity index (χ1n) is 7.20. The van der Waals surface area contributed by atoms with Crippen LogP contribution in [0.2, 0.25) is 0 Å². The topological polar surface area (TPSA) is 9.23 Å². The largest absolute Gasteiger partial charge is 0.494 e. The third-order valence-corrected chi connectivity index (χ3v) is 3.82. The molecular weight excluding hydrogens is 359 g/mol. The highest BCUT2D eigenvalue weighted by atomic mass is 127. The van der Waals surface area contributed by atoms with Crippen molar-refractivity contribution >= 4 is 22.6 Å². The second-order valence-corrected chi connectivity index (χ2v) is 5.95. The molecule has 0 fully saturated rings. The van der Waals surface area contributed by atoms with Gasteiger partial charge in [-0.1, -0.05) is 65.1 Å². The van der Waals surface area contributed by atoms with E-state index in [2.05, 4.69) is 77.2 Å². The van der Waals surface area contributed by atoms with Crippen molar-refractivity contribution in [2.24, 2.45) is 0 Å². The number of benzene rings is 2. The molecule has 0 N–H and O–H groups in total. The van der Waals surface area contributed by atoms with E-state index in [0.717, 1.165) is 36.0 Å². The van der Waals surface area contributed by atoms with E-state index in [1.807, 2.05) is 0 Å². The number of unbranched alkanes of at least 4 members (excludes halogenated alkanes) is 1. The first-order chi connectivity index (χ1) is 9.88. The van der Waals surface area contributed by atoms with E-state index in [-0.39, 0.29) is 0 Å². The molecule has 0 amide bonds. The third-order valence-electron chi connectivity index (χ3n) is 3.28. The molecule has 0 unspecified atom stereocenters. The monoisotopic (exact) mass is 380 g/mol. The van der Waals surface area contributed by atoms with Crippen LogP contribution in [0.4, 0.5) is 0 Å². The van der Waals surface area contributed by atoms with Gasteiger partial charge in [-0.15, -0.1) is 0 Å². The highest BCUT2D eigenvalue weighted by molar-refractivity contribution is 14.1. The Balaban J connectivity index is 1.63. The third kappa shape index (κ3) is 5.53. The fourth-order valence-electron chi connectivity index (χ4n) is 2.13. The molecule has 106 valence electrons. The molecular formula is C18H21IO. The minimum atomic E-state index is 0.804. The molecule has 0 saturated carbocycles. The Labute approximate surface area is 135 Å². The van der Waals surface area contributed by atoms with Crippen LogP contribution >= 0.6 is 22.6 Å². The number of alkyl halides is 1. The average Bonchev–Trinajstić information content (AvgIpc) is 2.50. The summed E-state index contributed by atoms with van der Waals surface area (Å²) in [5.74, 6) is 0.988. The molecule has 0 aromatic heterocycles.